The lowest BCUT2D eigenvalue weighted by atomic mass is 9.89. The van der Waals surface area contributed by atoms with Gasteiger partial charge in [0.2, 0.25) is 11.8 Å². The van der Waals surface area contributed by atoms with Crippen LogP contribution in [-0.2, 0) is 21.4 Å². The Balaban J connectivity index is 0.763. The molecule has 2 N–H and O–H groups in total. The molecule has 3 saturated heterocycles. The number of ether oxygens (including phenoxy) is 2. The zero-order valence-electron chi connectivity index (χ0n) is 45.9. The number of fused-ring (bicyclic) bond motifs is 2. The summed E-state index contributed by atoms with van der Waals surface area (Å²) in [6.45, 7) is 12.9. The van der Waals surface area contributed by atoms with Crippen molar-refractivity contribution < 1.29 is 43.0 Å². The van der Waals surface area contributed by atoms with Gasteiger partial charge in [-0.3, -0.25) is 24.0 Å². The molecule has 10 rings (SSSR count). The van der Waals surface area contributed by atoms with Crippen LogP contribution < -0.4 is 14.4 Å². The number of aliphatic hydroxyl groups excluding tert-OH is 1. The molecule has 81 heavy (non-hydrogen) atoms. The number of piperidine rings is 1. The van der Waals surface area contributed by atoms with Gasteiger partial charge in [0.25, 0.3) is 5.88 Å². The van der Waals surface area contributed by atoms with Gasteiger partial charge in [0.05, 0.1) is 48.0 Å². The number of benzene rings is 4. The van der Waals surface area contributed by atoms with E-state index in [9.17, 15) is 29.9 Å². The average molecular weight is 1120 g/mol. The average Bonchev–Trinajstić information content (AvgIpc) is 4.33. The number of anilines is 1. The molecule has 0 unspecified atom stereocenters. The zero-order chi connectivity index (χ0) is 57.1. The van der Waals surface area contributed by atoms with Gasteiger partial charge in [-0.15, -0.1) is 0 Å². The van der Waals surface area contributed by atoms with Gasteiger partial charge < -0.3 is 38.9 Å². The van der Waals surface area contributed by atoms with E-state index in [1.807, 2.05) is 92.0 Å². The summed E-state index contributed by atoms with van der Waals surface area (Å²) in [4.78, 5) is 57.8. The van der Waals surface area contributed by atoms with Crippen molar-refractivity contribution in [3.8, 4) is 46.1 Å². The number of rotatable bonds is 19. The number of phenols is 1. The van der Waals surface area contributed by atoms with Crippen molar-refractivity contribution in [3.63, 3.8) is 0 Å². The highest BCUT2D eigenvalue weighted by atomic mass is 35.5. The number of amides is 2. The minimum Gasteiger partial charge on any atom is -0.508 e. The quantitative estimate of drug-likeness (QED) is 0.0722. The second kappa shape index (κ2) is 24.4. The van der Waals surface area contributed by atoms with E-state index in [1.54, 1.807) is 29.3 Å². The summed E-state index contributed by atoms with van der Waals surface area (Å²) in [5, 5.41) is 41.5. The molecule has 0 bridgehead atoms. The highest BCUT2D eigenvalue weighted by molar-refractivity contribution is 6.35. The largest absolute Gasteiger partial charge is 0.508 e. The van der Waals surface area contributed by atoms with Crippen LogP contribution in [0.3, 0.4) is 0 Å². The highest BCUT2D eigenvalue weighted by Gasteiger charge is 2.43. The molecule has 5 atom stereocenters. The molecule has 422 valence electrons. The Kier molecular flexibility index (Phi) is 17.0. The van der Waals surface area contributed by atoms with Crippen molar-refractivity contribution in [3.05, 3.63) is 120 Å². The maximum atomic E-state index is 17.3. The van der Waals surface area contributed by atoms with E-state index in [0.29, 0.717) is 53.0 Å². The first-order chi connectivity index (χ1) is 39.1. The SMILES string of the molecule is C=CC(=O)N1CCN(c2nc(OCCN3CCC(COc4cc([C@H](C(=O)N5C[C@H](O)C[C@H]5C(=O)C[C@@H](C)c5ccc(-c6ccnn6C)cc5)C(C)C)on4)CC3)nc3c(F)c(-c4cc(O)cc5ccccc45)c(Cl)cc23)C[C@@H]1CC#N. The minimum atomic E-state index is -0.829. The molecular formula is C61H66ClFN10O8. The molecule has 18 nitrogen and oxygen atoms in total. The van der Waals surface area contributed by atoms with E-state index in [0.717, 1.165) is 42.8 Å². The van der Waals surface area contributed by atoms with E-state index in [2.05, 4.69) is 32.8 Å². The van der Waals surface area contributed by atoms with Crippen molar-refractivity contribution >= 4 is 56.7 Å². The molecule has 4 aromatic carbocycles. The predicted molar refractivity (Wildman–Crippen MR) is 304 cm³/mol. The number of ketones is 1. The molecule has 3 aliphatic heterocycles. The van der Waals surface area contributed by atoms with E-state index in [1.165, 1.54) is 17.0 Å². The Morgan fingerprint density at radius 1 is 0.963 bits per heavy atom. The van der Waals surface area contributed by atoms with Crippen molar-refractivity contribution in [1.29, 1.82) is 5.26 Å². The number of carbonyl (C=O) groups is 3. The van der Waals surface area contributed by atoms with Crippen LogP contribution in [0.4, 0.5) is 10.2 Å². The number of aromatic nitrogens is 5. The fraction of sp³-hybridized carbons (Fsp3) is 0.410. The second-order valence-electron chi connectivity index (χ2n) is 21.8. The highest BCUT2D eigenvalue weighted by Crippen LogP contribution is 2.43. The van der Waals surface area contributed by atoms with Gasteiger partial charge >= 0.3 is 6.01 Å². The first-order valence-corrected chi connectivity index (χ1v) is 28.0. The van der Waals surface area contributed by atoms with Gasteiger partial charge in [-0.2, -0.15) is 20.3 Å². The lowest BCUT2D eigenvalue weighted by molar-refractivity contribution is -0.140. The summed E-state index contributed by atoms with van der Waals surface area (Å²) < 4.78 is 37.3. The van der Waals surface area contributed by atoms with Crippen LogP contribution in [0, 0.1) is 29.0 Å². The molecule has 7 aromatic rings. The number of likely N-dealkylation sites (tertiary alicyclic amines) is 2. The monoisotopic (exact) mass is 1120 g/mol. The summed E-state index contributed by atoms with van der Waals surface area (Å²) >= 11 is 6.96. The number of hydrogen-bond acceptors (Lipinski definition) is 15. The van der Waals surface area contributed by atoms with Crippen LogP contribution in [0.1, 0.15) is 76.0 Å². The Hall–Kier alpha value is -7.92. The topological polar surface area (TPSA) is 217 Å². The number of carbonyl (C=O) groups excluding carboxylic acids is 3. The molecule has 0 spiro atoms. The number of nitrogens with zero attached hydrogens (tertiary/aromatic N) is 10. The first kappa shape index (κ1) is 56.4. The maximum Gasteiger partial charge on any atom is 0.319 e. The summed E-state index contributed by atoms with van der Waals surface area (Å²) in [7, 11) is 1.89. The van der Waals surface area contributed by atoms with Crippen LogP contribution in [-0.4, -0.2) is 145 Å². The molecule has 3 aliphatic rings. The molecule has 3 aromatic heterocycles. The summed E-state index contributed by atoms with van der Waals surface area (Å²) in [6.07, 6.45) is 4.23. The van der Waals surface area contributed by atoms with E-state index in [4.69, 9.17) is 30.6 Å². The molecule has 0 aliphatic carbocycles. The van der Waals surface area contributed by atoms with Crippen LogP contribution in [0.5, 0.6) is 17.6 Å². The third-order valence-corrected chi connectivity index (χ3v) is 16.4. The van der Waals surface area contributed by atoms with Crippen molar-refractivity contribution in [2.45, 2.75) is 82.9 Å². The summed E-state index contributed by atoms with van der Waals surface area (Å²) in [5.41, 5.74) is 3.42. The predicted octanol–water partition coefficient (Wildman–Crippen LogP) is 9.09. The number of Topliss-reactive ketones (excluding diaryl/α,β-unsaturated/α-hetero) is 1. The maximum absolute atomic E-state index is 17.3. The molecule has 0 radical (unpaired) electrons. The number of hydrogen-bond donors (Lipinski definition) is 2. The first-order valence-electron chi connectivity index (χ1n) is 27.6. The van der Waals surface area contributed by atoms with Crippen LogP contribution >= 0.6 is 11.6 Å². The van der Waals surface area contributed by atoms with Gasteiger partial charge in [0.15, 0.2) is 17.4 Å². The number of nitriles is 1. The normalized spacial score (nSPS) is 18.8. The number of aliphatic hydroxyl groups is 1. The summed E-state index contributed by atoms with van der Waals surface area (Å²) in [5.74, 6) is -1.39. The number of halogens is 2. The molecule has 0 saturated carbocycles. The lowest BCUT2D eigenvalue weighted by Gasteiger charge is -2.41. The van der Waals surface area contributed by atoms with Gasteiger partial charge in [-0.1, -0.05) is 87.5 Å². The van der Waals surface area contributed by atoms with Crippen LogP contribution in [0.25, 0.3) is 44.1 Å². The third-order valence-electron chi connectivity index (χ3n) is 16.1. The molecular weight excluding hydrogens is 1060 g/mol. The molecule has 2 amide bonds. The number of aromatic hydroxyl groups is 1. The number of aryl methyl sites for hydroxylation is 1. The third kappa shape index (κ3) is 12.1. The Morgan fingerprint density at radius 2 is 1.74 bits per heavy atom. The lowest BCUT2D eigenvalue weighted by Crippen LogP contribution is -2.55. The fourth-order valence-corrected chi connectivity index (χ4v) is 12.0. The summed E-state index contributed by atoms with van der Waals surface area (Å²) in [6, 6.07) is 24.5. The zero-order valence-corrected chi connectivity index (χ0v) is 46.6. The van der Waals surface area contributed by atoms with Gasteiger partial charge in [-0.25, -0.2) is 4.39 Å². The van der Waals surface area contributed by atoms with Crippen LogP contribution in [0.2, 0.25) is 5.02 Å². The molecule has 3 fully saturated rings. The molecule has 20 heteroatoms. The van der Waals surface area contributed by atoms with Crippen molar-refractivity contribution in [2.75, 3.05) is 63.9 Å². The standard InChI is InChI=1S/C61H66ClFN10O8/c1-6-54(77)72-24-23-71(33-42(72)15-19-64)59-47-31-48(62)56(46-29-43(74)28-41-9-7-8-10-45(41)46)57(63)58(47)66-61(67-59)79-26-25-70-21-17-38(18-22-70)35-80-53-32-52(81-68-53)55(36(2)3)60(78)73-34-44(75)30-50(73)51(76)27-37(4)39-11-13-40(14-12-39)49-16-20-65-69(49)5/h6-14,16,20,28-29,31-32,36-38,42,44,50,55,74-75H,1,15,17-18,21-27,30,33-35H2,2-5H3/t37-,42+,44-,50+,55-/m1/s1. The Labute approximate surface area is 474 Å². The van der Waals surface area contributed by atoms with E-state index in [-0.39, 0.29) is 115 Å². The van der Waals surface area contributed by atoms with Gasteiger partial charge in [-0.05, 0) is 107 Å². The fourth-order valence-electron chi connectivity index (χ4n) is 11.8. The second-order valence-corrected chi connectivity index (χ2v) is 22.3. The van der Waals surface area contributed by atoms with Gasteiger partial charge in [0, 0.05) is 75.8 Å². The Bertz CT molecular complexity index is 3500. The molecule has 6 heterocycles. The van der Waals surface area contributed by atoms with E-state index >= 15 is 4.39 Å². The Morgan fingerprint density at radius 3 is 2.47 bits per heavy atom. The van der Waals surface area contributed by atoms with Crippen LogP contribution in [0.15, 0.2) is 102 Å². The number of piperazine rings is 1. The number of β-amino-alcohol motifs (C(OH)–C–C–N with tert-alkyl or cyclic N) is 1. The van der Waals surface area contributed by atoms with Crippen molar-refractivity contribution in [2.24, 2.45) is 18.9 Å². The smallest absolute Gasteiger partial charge is 0.319 e. The van der Waals surface area contributed by atoms with Crippen molar-refractivity contribution in [1.82, 2.24) is 39.6 Å². The van der Waals surface area contributed by atoms with E-state index < -0.39 is 29.9 Å². The minimum absolute atomic E-state index is 0.0388. The van der Waals surface area contributed by atoms with Gasteiger partial charge in [0.1, 0.15) is 29.6 Å². The number of phenolic OH excluding ortho intramolecular Hbond substituents is 1.